The van der Waals surface area contributed by atoms with Crippen LogP contribution < -0.4 is 0 Å². The molecule has 5 heteroatoms. The highest BCUT2D eigenvalue weighted by Crippen LogP contribution is 2.36. The normalized spacial score (nSPS) is 20.5. The zero-order valence-corrected chi connectivity index (χ0v) is 14.8. The summed E-state index contributed by atoms with van der Waals surface area (Å²) in [5, 5.41) is 0. The Morgan fingerprint density at radius 3 is 2.79 bits per heavy atom. The Hall–Kier alpha value is -2.04. The molecule has 2 aromatic heterocycles. The van der Waals surface area contributed by atoms with Crippen molar-refractivity contribution in [1.82, 2.24) is 14.5 Å². The summed E-state index contributed by atoms with van der Waals surface area (Å²) in [6.07, 6.45) is 8.28. The van der Waals surface area contributed by atoms with Crippen LogP contribution in [0.15, 0.2) is 10.6 Å². The van der Waals surface area contributed by atoms with Crippen LogP contribution in [0.2, 0.25) is 0 Å². The summed E-state index contributed by atoms with van der Waals surface area (Å²) in [5.41, 5.74) is 2.98. The van der Waals surface area contributed by atoms with Crippen molar-refractivity contribution in [3.8, 4) is 0 Å². The van der Waals surface area contributed by atoms with Gasteiger partial charge in [-0.05, 0) is 46.0 Å². The predicted molar refractivity (Wildman–Crippen MR) is 91.0 cm³/mol. The summed E-state index contributed by atoms with van der Waals surface area (Å²) in [6, 6.07) is 0.0738. The van der Waals surface area contributed by atoms with Crippen molar-refractivity contribution in [1.29, 1.82) is 0 Å². The van der Waals surface area contributed by atoms with Gasteiger partial charge in [0.15, 0.2) is 0 Å². The maximum Gasteiger partial charge on any atom is 0.258 e. The van der Waals surface area contributed by atoms with E-state index in [2.05, 4.69) is 9.55 Å². The lowest BCUT2D eigenvalue weighted by atomic mass is 9.94. The molecular formula is C19H25N3O2. The molecule has 2 aliphatic rings. The Labute approximate surface area is 142 Å². The SMILES string of the molecule is Cc1cn(C)c([C@H]2CCCN2C(=O)c2c(C)oc3c2CCCC3)n1. The molecule has 1 amide bonds. The lowest BCUT2D eigenvalue weighted by molar-refractivity contribution is 0.0725. The number of carbonyl (C=O) groups is 1. The monoisotopic (exact) mass is 327 g/mol. The summed E-state index contributed by atoms with van der Waals surface area (Å²) in [5.74, 6) is 2.94. The molecule has 1 fully saturated rings. The van der Waals surface area contributed by atoms with Crippen molar-refractivity contribution in [2.24, 2.45) is 7.05 Å². The first kappa shape index (κ1) is 15.5. The first-order valence-electron chi connectivity index (χ1n) is 8.98. The number of fused-ring (bicyclic) bond motifs is 1. The maximum absolute atomic E-state index is 13.3. The van der Waals surface area contributed by atoms with E-state index in [1.165, 1.54) is 0 Å². The minimum absolute atomic E-state index is 0.0738. The van der Waals surface area contributed by atoms with E-state index in [1.807, 2.05) is 32.0 Å². The van der Waals surface area contributed by atoms with E-state index in [-0.39, 0.29) is 11.9 Å². The Morgan fingerprint density at radius 2 is 2.04 bits per heavy atom. The Kier molecular flexibility index (Phi) is 3.74. The molecule has 1 aliphatic carbocycles. The fourth-order valence-corrected chi connectivity index (χ4v) is 4.35. The zero-order chi connectivity index (χ0) is 16.8. The summed E-state index contributed by atoms with van der Waals surface area (Å²) in [6.45, 7) is 4.73. The third-order valence-corrected chi connectivity index (χ3v) is 5.41. The van der Waals surface area contributed by atoms with Gasteiger partial charge < -0.3 is 13.9 Å². The lowest BCUT2D eigenvalue weighted by Crippen LogP contribution is -2.32. The molecule has 0 radical (unpaired) electrons. The molecule has 1 aliphatic heterocycles. The van der Waals surface area contributed by atoms with Crippen LogP contribution in [0.1, 0.15) is 70.7 Å². The lowest BCUT2D eigenvalue weighted by Gasteiger charge is -2.25. The topological polar surface area (TPSA) is 51.3 Å². The van der Waals surface area contributed by atoms with E-state index < -0.39 is 0 Å². The number of amides is 1. The Morgan fingerprint density at radius 1 is 1.25 bits per heavy atom. The first-order chi connectivity index (χ1) is 11.6. The van der Waals surface area contributed by atoms with Gasteiger partial charge in [0.1, 0.15) is 17.3 Å². The molecule has 0 bridgehead atoms. The third kappa shape index (κ3) is 2.38. The molecule has 24 heavy (non-hydrogen) atoms. The van der Waals surface area contributed by atoms with Gasteiger partial charge in [-0.3, -0.25) is 4.79 Å². The van der Waals surface area contributed by atoms with Crippen LogP contribution in [-0.4, -0.2) is 26.9 Å². The summed E-state index contributed by atoms with van der Waals surface area (Å²) in [4.78, 5) is 20.0. The van der Waals surface area contributed by atoms with Crippen molar-refractivity contribution in [3.63, 3.8) is 0 Å². The van der Waals surface area contributed by atoms with E-state index in [0.717, 1.165) is 79.2 Å². The molecule has 0 spiro atoms. The Bertz CT molecular complexity index is 787. The second-order valence-electron chi connectivity index (χ2n) is 7.15. The molecule has 5 nitrogen and oxygen atoms in total. The fourth-order valence-electron chi connectivity index (χ4n) is 4.35. The molecule has 0 saturated carbocycles. The van der Waals surface area contributed by atoms with Gasteiger partial charge in [-0.25, -0.2) is 4.98 Å². The Balaban J connectivity index is 1.69. The summed E-state index contributed by atoms with van der Waals surface area (Å²) < 4.78 is 7.98. The molecule has 2 aromatic rings. The van der Waals surface area contributed by atoms with Gasteiger partial charge in [0.05, 0.1) is 17.3 Å². The highest BCUT2D eigenvalue weighted by atomic mass is 16.3. The molecule has 128 valence electrons. The predicted octanol–water partition coefficient (Wildman–Crippen LogP) is 3.49. The highest BCUT2D eigenvalue weighted by Gasteiger charge is 2.36. The average molecular weight is 327 g/mol. The smallest absolute Gasteiger partial charge is 0.258 e. The van der Waals surface area contributed by atoms with E-state index in [1.54, 1.807) is 0 Å². The summed E-state index contributed by atoms with van der Waals surface area (Å²) in [7, 11) is 2.02. The summed E-state index contributed by atoms with van der Waals surface area (Å²) >= 11 is 0. The number of aryl methyl sites for hydroxylation is 4. The zero-order valence-electron chi connectivity index (χ0n) is 14.8. The van der Waals surface area contributed by atoms with Crippen molar-refractivity contribution in [2.45, 2.75) is 58.4 Å². The van der Waals surface area contributed by atoms with Crippen molar-refractivity contribution >= 4 is 5.91 Å². The van der Waals surface area contributed by atoms with Gasteiger partial charge in [-0.15, -0.1) is 0 Å². The second kappa shape index (κ2) is 5.80. The van der Waals surface area contributed by atoms with Crippen LogP contribution >= 0.6 is 0 Å². The van der Waals surface area contributed by atoms with Gasteiger partial charge in [0.2, 0.25) is 0 Å². The maximum atomic E-state index is 13.3. The highest BCUT2D eigenvalue weighted by molar-refractivity contribution is 5.97. The number of aromatic nitrogens is 2. The van der Waals surface area contributed by atoms with Gasteiger partial charge in [-0.2, -0.15) is 0 Å². The van der Waals surface area contributed by atoms with Gasteiger partial charge in [0, 0.05) is 31.8 Å². The van der Waals surface area contributed by atoms with E-state index in [9.17, 15) is 4.79 Å². The van der Waals surface area contributed by atoms with E-state index in [4.69, 9.17) is 4.42 Å². The number of nitrogens with zero attached hydrogens (tertiary/aromatic N) is 3. The standard InChI is InChI=1S/C19H25N3O2/c1-12-11-21(3)18(20-12)15-8-6-10-22(15)19(23)17-13(2)24-16-9-5-4-7-14(16)17/h11,15H,4-10H2,1-3H3/t15-/m1/s1. The molecule has 0 aromatic carbocycles. The number of rotatable bonds is 2. The molecule has 1 atom stereocenters. The number of carbonyl (C=O) groups excluding carboxylic acids is 1. The molecule has 0 unspecified atom stereocenters. The minimum Gasteiger partial charge on any atom is -0.465 e. The second-order valence-corrected chi connectivity index (χ2v) is 7.15. The van der Waals surface area contributed by atoms with Crippen LogP contribution in [0.25, 0.3) is 0 Å². The van der Waals surface area contributed by atoms with E-state index >= 15 is 0 Å². The largest absolute Gasteiger partial charge is 0.465 e. The van der Waals surface area contributed by atoms with Crippen LogP contribution in [-0.2, 0) is 19.9 Å². The van der Waals surface area contributed by atoms with Crippen LogP contribution in [0.5, 0.6) is 0 Å². The minimum atomic E-state index is 0.0738. The van der Waals surface area contributed by atoms with Crippen molar-refractivity contribution < 1.29 is 9.21 Å². The number of likely N-dealkylation sites (tertiary alicyclic amines) is 1. The number of hydrogen-bond acceptors (Lipinski definition) is 3. The quantitative estimate of drug-likeness (QED) is 0.848. The van der Waals surface area contributed by atoms with Crippen molar-refractivity contribution in [2.75, 3.05) is 6.54 Å². The van der Waals surface area contributed by atoms with Crippen LogP contribution in [0, 0.1) is 13.8 Å². The van der Waals surface area contributed by atoms with Crippen molar-refractivity contribution in [3.05, 3.63) is 40.4 Å². The number of hydrogen-bond donors (Lipinski definition) is 0. The first-order valence-corrected chi connectivity index (χ1v) is 8.98. The van der Waals surface area contributed by atoms with E-state index in [0.29, 0.717) is 0 Å². The average Bonchev–Trinajstić information content (AvgIpc) is 3.22. The fraction of sp³-hybridized carbons (Fsp3) is 0.579. The van der Waals surface area contributed by atoms with Crippen LogP contribution in [0.3, 0.4) is 0 Å². The molecule has 1 saturated heterocycles. The number of furan rings is 1. The molecule has 0 N–H and O–H groups in total. The molecule has 3 heterocycles. The third-order valence-electron chi connectivity index (χ3n) is 5.41. The van der Waals surface area contributed by atoms with Gasteiger partial charge in [-0.1, -0.05) is 0 Å². The van der Waals surface area contributed by atoms with Gasteiger partial charge >= 0.3 is 0 Å². The molecular weight excluding hydrogens is 302 g/mol. The van der Waals surface area contributed by atoms with Gasteiger partial charge in [0.25, 0.3) is 5.91 Å². The molecule has 4 rings (SSSR count). The number of imidazole rings is 1. The van der Waals surface area contributed by atoms with Crippen LogP contribution in [0.4, 0.5) is 0 Å².